The smallest absolute Gasteiger partial charge is 0.323 e. The molecule has 0 radical (unpaired) electrons. The lowest BCUT2D eigenvalue weighted by Crippen LogP contribution is -2.31. The summed E-state index contributed by atoms with van der Waals surface area (Å²) in [5.74, 6) is -0.433. The second kappa shape index (κ2) is 5.65. The number of carboxylic acids is 1. The highest BCUT2D eigenvalue weighted by molar-refractivity contribution is 9.10. The van der Waals surface area contributed by atoms with Crippen molar-refractivity contribution in [3.8, 4) is 0 Å². The van der Waals surface area contributed by atoms with Gasteiger partial charge in [-0.15, -0.1) is 0 Å². The lowest BCUT2D eigenvalue weighted by Gasteiger charge is -2.19. The van der Waals surface area contributed by atoms with Crippen molar-refractivity contribution in [3.05, 3.63) is 16.9 Å². The summed E-state index contributed by atoms with van der Waals surface area (Å²) in [6, 6.07) is 0. The fourth-order valence-corrected chi connectivity index (χ4v) is 1.36. The Balaban J connectivity index is 2.78. The Morgan fingerprint density at radius 2 is 2.13 bits per heavy atom. The standard InChI is InChI=1S/C9H12BrN3O2/c1-2-3-13(6-8(14)15)9-11-4-7(10)5-12-9/h4-5H,2-3,6H2,1H3,(H,14,15). The maximum absolute atomic E-state index is 10.6. The van der Waals surface area contributed by atoms with Gasteiger partial charge in [0.2, 0.25) is 5.95 Å². The van der Waals surface area contributed by atoms with E-state index in [-0.39, 0.29) is 6.54 Å². The molecule has 1 aromatic heterocycles. The number of hydrogen-bond donors (Lipinski definition) is 1. The average Bonchev–Trinajstić information content (AvgIpc) is 2.17. The van der Waals surface area contributed by atoms with Crippen LogP contribution in [0.5, 0.6) is 0 Å². The third-order valence-corrected chi connectivity index (χ3v) is 2.12. The van der Waals surface area contributed by atoms with Crippen molar-refractivity contribution >= 4 is 27.8 Å². The van der Waals surface area contributed by atoms with Crippen LogP contribution in [0.1, 0.15) is 13.3 Å². The van der Waals surface area contributed by atoms with E-state index in [9.17, 15) is 4.79 Å². The molecule has 15 heavy (non-hydrogen) atoms. The highest BCUT2D eigenvalue weighted by atomic mass is 79.9. The summed E-state index contributed by atoms with van der Waals surface area (Å²) in [4.78, 5) is 20.4. The Labute approximate surface area is 96.3 Å². The molecule has 0 unspecified atom stereocenters. The minimum Gasteiger partial charge on any atom is -0.480 e. The first-order valence-electron chi connectivity index (χ1n) is 4.57. The van der Waals surface area contributed by atoms with Crippen molar-refractivity contribution in [2.75, 3.05) is 18.0 Å². The molecule has 1 aromatic rings. The summed E-state index contributed by atoms with van der Waals surface area (Å²) >= 11 is 3.22. The van der Waals surface area contributed by atoms with Crippen molar-refractivity contribution in [2.45, 2.75) is 13.3 Å². The van der Waals surface area contributed by atoms with Crippen molar-refractivity contribution in [1.29, 1.82) is 0 Å². The number of hydrogen-bond acceptors (Lipinski definition) is 4. The third kappa shape index (κ3) is 3.83. The Morgan fingerprint density at radius 1 is 1.53 bits per heavy atom. The number of nitrogens with zero attached hydrogens (tertiary/aromatic N) is 3. The molecule has 0 saturated heterocycles. The van der Waals surface area contributed by atoms with Gasteiger partial charge in [0.15, 0.2) is 0 Å². The summed E-state index contributed by atoms with van der Waals surface area (Å²) in [5.41, 5.74) is 0. The molecule has 0 amide bonds. The summed E-state index contributed by atoms with van der Waals surface area (Å²) in [6.45, 7) is 2.54. The molecule has 0 saturated carbocycles. The van der Waals surface area contributed by atoms with Gasteiger partial charge in [0.25, 0.3) is 0 Å². The van der Waals surface area contributed by atoms with Gasteiger partial charge in [-0.25, -0.2) is 9.97 Å². The Bertz CT molecular complexity index is 329. The largest absolute Gasteiger partial charge is 0.480 e. The van der Waals surface area contributed by atoms with Gasteiger partial charge < -0.3 is 10.0 Å². The Hall–Kier alpha value is -1.17. The van der Waals surface area contributed by atoms with Crippen LogP contribution in [0.4, 0.5) is 5.95 Å². The molecule has 1 N–H and O–H groups in total. The van der Waals surface area contributed by atoms with Crippen molar-refractivity contribution in [2.24, 2.45) is 0 Å². The highest BCUT2D eigenvalue weighted by Gasteiger charge is 2.11. The molecular formula is C9H12BrN3O2. The topological polar surface area (TPSA) is 66.3 Å². The molecule has 82 valence electrons. The number of carboxylic acid groups (broad SMARTS) is 1. The highest BCUT2D eigenvalue weighted by Crippen LogP contribution is 2.11. The Morgan fingerprint density at radius 3 is 2.60 bits per heavy atom. The summed E-state index contributed by atoms with van der Waals surface area (Å²) < 4.78 is 0.776. The fourth-order valence-electron chi connectivity index (χ4n) is 1.15. The number of halogens is 1. The Kier molecular flexibility index (Phi) is 4.48. The lowest BCUT2D eigenvalue weighted by molar-refractivity contribution is -0.135. The zero-order chi connectivity index (χ0) is 11.3. The molecule has 0 aromatic carbocycles. The van der Waals surface area contributed by atoms with Crippen LogP contribution < -0.4 is 4.90 Å². The predicted octanol–water partition coefficient (Wildman–Crippen LogP) is 1.54. The van der Waals surface area contributed by atoms with Crippen LogP contribution >= 0.6 is 15.9 Å². The molecule has 0 aliphatic rings. The van der Waals surface area contributed by atoms with Gasteiger partial charge in [-0.05, 0) is 22.4 Å². The van der Waals surface area contributed by atoms with Crippen LogP contribution in [0, 0.1) is 0 Å². The van der Waals surface area contributed by atoms with E-state index in [2.05, 4.69) is 25.9 Å². The normalized spacial score (nSPS) is 10.0. The minimum atomic E-state index is -0.880. The minimum absolute atomic E-state index is 0.0739. The van der Waals surface area contributed by atoms with E-state index in [1.165, 1.54) is 0 Å². The molecule has 0 atom stereocenters. The summed E-state index contributed by atoms with van der Waals surface area (Å²) in [5, 5.41) is 8.72. The van der Waals surface area contributed by atoms with Gasteiger partial charge in [0.1, 0.15) is 6.54 Å². The van der Waals surface area contributed by atoms with E-state index >= 15 is 0 Å². The molecule has 1 rings (SSSR count). The van der Waals surface area contributed by atoms with Crippen LogP contribution in [0.25, 0.3) is 0 Å². The zero-order valence-corrected chi connectivity index (χ0v) is 9.94. The van der Waals surface area contributed by atoms with E-state index < -0.39 is 5.97 Å². The van der Waals surface area contributed by atoms with E-state index in [0.29, 0.717) is 12.5 Å². The van der Waals surface area contributed by atoms with Crippen molar-refractivity contribution in [1.82, 2.24) is 9.97 Å². The van der Waals surface area contributed by atoms with Gasteiger partial charge in [-0.1, -0.05) is 6.92 Å². The summed E-state index contributed by atoms with van der Waals surface area (Å²) in [6.07, 6.45) is 4.06. The molecule has 0 aliphatic carbocycles. The van der Waals surface area contributed by atoms with E-state index in [1.807, 2.05) is 6.92 Å². The van der Waals surface area contributed by atoms with E-state index in [0.717, 1.165) is 10.9 Å². The van der Waals surface area contributed by atoms with Gasteiger partial charge in [-0.3, -0.25) is 4.79 Å². The van der Waals surface area contributed by atoms with E-state index in [1.54, 1.807) is 17.3 Å². The molecule has 0 aliphatic heterocycles. The molecular weight excluding hydrogens is 262 g/mol. The maximum atomic E-state index is 10.6. The van der Waals surface area contributed by atoms with Gasteiger partial charge in [0, 0.05) is 18.9 Å². The fraction of sp³-hybridized carbons (Fsp3) is 0.444. The average molecular weight is 274 g/mol. The van der Waals surface area contributed by atoms with Crippen LogP contribution in [-0.4, -0.2) is 34.1 Å². The monoisotopic (exact) mass is 273 g/mol. The van der Waals surface area contributed by atoms with E-state index in [4.69, 9.17) is 5.11 Å². The van der Waals surface area contributed by atoms with Crippen LogP contribution in [0.2, 0.25) is 0 Å². The van der Waals surface area contributed by atoms with Crippen molar-refractivity contribution in [3.63, 3.8) is 0 Å². The number of aromatic nitrogens is 2. The van der Waals surface area contributed by atoms with Crippen LogP contribution in [-0.2, 0) is 4.79 Å². The number of aliphatic carboxylic acids is 1. The van der Waals surface area contributed by atoms with Gasteiger partial charge in [-0.2, -0.15) is 0 Å². The van der Waals surface area contributed by atoms with Crippen LogP contribution in [0.3, 0.4) is 0 Å². The number of anilines is 1. The molecule has 0 spiro atoms. The zero-order valence-electron chi connectivity index (χ0n) is 8.35. The molecule has 5 nitrogen and oxygen atoms in total. The first kappa shape index (κ1) is 11.9. The van der Waals surface area contributed by atoms with Crippen molar-refractivity contribution < 1.29 is 9.90 Å². The maximum Gasteiger partial charge on any atom is 0.323 e. The quantitative estimate of drug-likeness (QED) is 0.882. The SMILES string of the molecule is CCCN(CC(=O)O)c1ncc(Br)cn1. The summed E-state index contributed by atoms with van der Waals surface area (Å²) in [7, 11) is 0. The number of carbonyl (C=O) groups is 1. The number of rotatable bonds is 5. The first-order valence-corrected chi connectivity index (χ1v) is 5.37. The van der Waals surface area contributed by atoms with Gasteiger partial charge >= 0.3 is 5.97 Å². The molecule has 1 heterocycles. The molecule has 6 heteroatoms. The second-order valence-corrected chi connectivity index (χ2v) is 3.93. The lowest BCUT2D eigenvalue weighted by atomic mass is 10.4. The van der Waals surface area contributed by atoms with Gasteiger partial charge in [0.05, 0.1) is 4.47 Å². The molecule has 0 fully saturated rings. The second-order valence-electron chi connectivity index (χ2n) is 3.02. The first-order chi connectivity index (χ1) is 7.13. The third-order valence-electron chi connectivity index (χ3n) is 1.71. The predicted molar refractivity (Wildman–Crippen MR) is 59.9 cm³/mol. The van der Waals surface area contributed by atoms with Crippen LogP contribution in [0.15, 0.2) is 16.9 Å². The molecule has 0 bridgehead atoms.